The smallest absolute Gasteiger partial charge is 0.0192 e. The Kier molecular flexibility index (Phi) is 2.61. The lowest BCUT2D eigenvalue weighted by Gasteiger charge is -2.24. The van der Waals surface area contributed by atoms with Gasteiger partial charge in [0.2, 0.25) is 0 Å². The molecule has 0 aromatic heterocycles. The summed E-state index contributed by atoms with van der Waals surface area (Å²) in [4.78, 5) is 0. The second-order valence-corrected chi connectivity index (χ2v) is 5.30. The first-order valence-corrected chi connectivity index (χ1v) is 5.65. The van der Waals surface area contributed by atoms with E-state index in [0.717, 1.165) is 12.1 Å². The van der Waals surface area contributed by atoms with Crippen LogP contribution in [0.1, 0.15) is 39.5 Å². The first kappa shape index (κ1) is 9.47. The molecule has 2 aliphatic rings. The first-order valence-electron chi connectivity index (χ1n) is 5.65. The van der Waals surface area contributed by atoms with Crippen molar-refractivity contribution in [3.63, 3.8) is 0 Å². The van der Waals surface area contributed by atoms with Crippen LogP contribution in [0.2, 0.25) is 0 Å². The molecule has 0 spiro atoms. The summed E-state index contributed by atoms with van der Waals surface area (Å²) in [6, 6.07) is 1.53. The van der Waals surface area contributed by atoms with E-state index < -0.39 is 0 Å². The zero-order valence-corrected chi connectivity index (χ0v) is 8.90. The molecule has 13 heavy (non-hydrogen) atoms. The maximum absolute atomic E-state index is 3.65. The molecule has 1 heterocycles. The number of nitrogens with one attached hydrogen (secondary N) is 2. The van der Waals surface area contributed by atoms with Gasteiger partial charge in [-0.05, 0) is 31.2 Å². The van der Waals surface area contributed by atoms with E-state index in [0.29, 0.717) is 5.41 Å². The third-order valence-corrected chi connectivity index (χ3v) is 3.54. The molecule has 1 unspecified atom stereocenters. The molecular formula is C11H22N2. The van der Waals surface area contributed by atoms with Crippen LogP contribution in [0.5, 0.6) is 0 Å². The van der Waals surface area contributed by atoms with Gasteiger partial charge in [0.25, 0.3) is 0 Å². The second kappa shape index (κ2) is 3.58. The molecule has 0 aromatic carbocycles. The Morgan fingerprint density at radius 1 is 1.38 bits per heavy atom. The molecule has 76 valence electrons. The number of hydrogen-bond donors (Lipinski definition) is 2. The molecule has 0 amide bonds. The molecular weight excluding hydrogens is 160 g/mol. The van der Waals surface area contributed by atoms with E-state index in [2.05, 4.69) is 24.5 Å². The van der Waals surface area contributed by atoms with E-state index >= 15 is 0 Å². The lowest BCUT2D eigenvalue weighted by atomic mass is 10.1. The fourth-order valence-electron chi connectivity index (χ4n) is 2.20. The molecule has 1 saturated heterocycles. The van der Waals surface area contributed by atoms with Crippen LogP contribution >= 0.6 is 0 Å². The van der Waals surface area contributed by atoms with Crippen molar-refractivity contribution in [3.8, 4) is 0 Å². The second-order valence-electron chi connectivity index (χ2n) is 5.30. The molecule has 0 aromatic rings. The molecule has 2 N–H and O–H groups in total. The Hall–Kier alpha value is -0.0800. The summed E-state index contributed by atoms with van der Waals surface area (Å²) in [7, 11) is 0. The zero-order chi connectivity index (χ0) is 9.31. The van der Waals surface area contributed by atoms with Crippen molar-refractivity contribution in [2.75, 3.05) is 13.1 Å². The van der Waals surface area contributed by atoms with Crippen molar-refractivity contribution < 1.29 is 0 Å². The fraction of sp³-hybridized carbons (Fsp3) is 1.00. The third kappa shape index (κ3) is 2.44. The van der Waals surface area contributed by atoms with Gasteiger partial charge >= 0.3 is 0 Å². The molecule has 2 fully saturated rings. The summed E-state index contributed by atoms with van der Waals surface area (Å²) in [5.41, 5.74) is 0.578. The highest BCUT2D eigenvalue weighted by Crippen LogP contribution is 2.44. The van der Waals surface area contributed by atoms with Gasteiger partial charge in [-0.25, -0.2) is 0 Å². The predicted octanol–water partition coefficient (Wildman–Crippen LogP) is 1.52. The van der Waals surface area contributed by atoms with Crippen LogP contribution in [-0.4, -0.2) is 25.2 Å². The number of hydrogen-bond acceptors (Lipinski definition) is 2. The third-order valence-electron chi connectivity index (χ3n) is 3.54. The van der Waals surface area contributed by atoms with E-state index in [1.54, 1.807) is 0 Å². The summed E-state index contributed by atoms with van der Waals surface area (Å²) in [5.74, 6) is 0. The SMILES string of the molecule is CC1(C)CC1NC[C@@H]1CCCCN1. The van der Waals surface area contributed by atoms with Gasteiger partial charge in [-0.1, -0.05) is 20.3 Å². The van der Waals surface area contributed by atoms with Gasteiger partial charge in [-0.3, -0.25) is 0 Å². The van der Waals surface area contributed by atoms with E-state index in [4.69, 9.17) is 0 Å². The molecule has 2 rings (SSSR count). The lowest BCUT2D eigenvalue weighted by Crippen LogP contribution is -2.42. The molecule has 0 radical (unpaired) electrons. The predicted molar refractivity (Wildman–Crippen MR) is 55.8 cm³/mol. The minimum atomic E-state index is 0.578. The molecule has 2 heteroatoms. The first-order chi connectivity index (χ1) is 6.18. The molecule has 0 bridgehead atoms. The van der Waals surface area contributed by atoms with Gasteiger partial charge in [0.1, 0.15) is 0 Å². The Labute approximate surface area is 81.5 Å². The summed E-state index contributed by atoms with van der Waals surface area (Å²) >= 11 is 0. The van der Waals surface area contributed by atoms with Gasteiger partial charge in [-0.2, -0.15) is 0 Å². The van der Waals surface area contributed by atoms with Gasteiger partial charge < -0.3 is 10.6 Å². The maximum Gasteiger partial charge on any atom is 0.0192 e. The topological polar surface area (TPSA) is 24.1 Å². The van der Waals surface area contributed by atoms with Crippen LogP contribution in [0, 0.1) is 5.41 Å². The van der Waals surface area contributed by atoms with Crippen LogP contribution < -0.4 is 10.6 Å². The van der Waals surface area contributed by atoms with Crippen LogP contribution in [0.15, 0.2) is 0 Å². The number of rotatable bonds is 3. The van der Waals surface area contributed by atoms with Crippen molar-refractivity contribution in [3.05, 3.63) is 0 Å². The van der Waals surface area contributed by atoms with Crippen LogP contribution in [0.4, 0.5) is 0 Å². The van der Waals surface area contributed by atoms with Crippen LogP contribution in [0.25, 0.3) is 0 Å². The highest BCUT2D eigenvalue weighted by atomic mass is 15.0. The van der Waals surface area contributed by atoms with Gasteiger partial charge in [0.15, 0.2) is 0 Å². The summed E-state index contributed by atoms with van der Waals surface area (Å²) < 4.78 is 0. The van der Waals surface area contributed by atoms with Crippen molar-refractivity contribution in [1.29, 1.82) is 0 Å². The zero-order valence-electron chi connectivity index (χ0n) is 8.90. The van der Waals surface area contributed by atoms with Gasteiger partial charge in [0.05, 0.1) is 0 Å². The average molecular weight is 182 g/mol. The van der Waals surface area contributed by atoms with Crippen molar-refractivity contribution in [1.82, 2.24) is 10.6 Å². The fourth-order valence-corrected chi connectivity index (χ4v) is 2.20. The average Bonchev–Trinajstić information content (AvgIpc) is 2.73. The lowest BCUT2D eigenvalue weighted by molar-refractivity contribution is 0.375. The molecule has 2 nitrogen and oxygen atoms in total. The minimum absolute atomic E-state index is 0.578. The van der Waals surface area contributed by atoms with E-state index in [9.17, 15) is 0 Å². The maximum atomic E-state index is 3.65. The van der Waals surface area contributed by atoms with E-state index in [1.807, 2.05) is 0 Å². The quantitative estimate of drug-likeness (QED) is 0.691. The Morgan fingerprint density at radius 2 is 2.15 bits per heavy atom. The van der Waals surface area contributed by atoms with Gasteiger partial charge in [0, 0.05) is 18.6 Å². The van der Waals surface area contributed by atoms with E-state index in [-0.39, 0.29) is 0 Å². The standard InChI is InChI=1S/C11H22N2/c1-11(2)7-10(11)13-8-9-5-3-4-6-12-9/h9-10,12-13H,3-8H2,1-2H3/t9-,10?/m0/s1. The number of piperidine rings is 1. The Morgan fingerprint density at radius 3 is 2.69 bits per heavy atom. The van der Waals surface area contributed by atoms with Crippen LogP contribution in [-0.2, 0) is 0 Å². The highest BCUT2D eigenvalue weighted by molar-refractivity contribution is 5.01. The summed E-state index contributed by atoms with van der Waals surface area (Å²) in [6.45, 7) is 7.09. The molecule has 2 atom stereocenters. The van der Waals surface area contributed by atoms with Crippen molar-refractivity contribution >= 4 is 0 Å². The van der Waals surface area contributed by atoms with Crippen molar-refractivity contribution in [2.24, 2.45) is 5.41 Å². The molecule has 1 saturated carbocycles. The minimum Gasteiger partial charge on any atom is -0.313 e. The van der Waals surface area contributed by atoms with Gasteiger partial charge in [-0.15, -0.1) is 0 Å². The summed E-state index contributed by atoms with van der Waals surface area (Å²) in [5, 5.41) is 7.22. The Bertz CT molecular complexity index is 171. The Balaban J connectivity index is 1.62. The van der Waals surface area contributed by atoms with Crippen molar-refractivity contribution in [2.45, 2.75) is 51.6 Å². The largest absolute Gasteiger partial charge is 0.313 e. The normalized spacial score (nSPS) is 37.4. The molecule has 1 aliphatic carbocycles. The monoisotopic (exact) mass is 182 g/mol. The van der Waals surface area contributed by atoms with E-state index in [1.165, 1.54) is 38.8 Å². The molecule has 1 aliphatic heterocycles. The van der Waals surface area contributed by atoms with Crippen LogP contribution in [0.3, 0.4) is 0 Å². The summed E-state index contributed by atoms with van der Waals surface area (Å²) in [6.07, 6.45) is 5.50. The highest BCUT2D eigenvalue weighted by Gasteiger charge is 2.45.